The minimum Gasteiger partial charge on any atom is -0.347 e. The highest BCUT2D eigenvalue weighted by atomic mass is 35.5. The van der Waals surface area contributed by atoms with E-state index in [0.29, 0.717) is 51.9 Å². The molecule has 0 radical (unpaired) electrons. The number of aryl methyl sites for hydroxylation is 2. The van der Waals surface area contributed by atoms with Gasteiger partial charge in [-0.05, 0) is 24.6 Å². The summed E-state index contributed by atoms with van der Waals surface area (Å²) in [4.78, 5) is 33.8. The topological polar surface area (TPSA) is 83.4 Å². The van der Waals surface area contributed by atoms with E-state index in [4.69, 9.17) is 23.2 Å². The molecule has 8 nitrogen and oxygen atoms in total. The largest absolute Gasteiger partial charge is 0.347 e. The van der Waals surface area contributed by atoms with Gasteiger partial charge in [0.25, 0.3) is 5.91 Å². The number of benzene rings is 1. The highest BCUT2D eigenvalue weighted by Gasteiger charge is 2.32. The van der Waals surface area contributed by atoms with E-state index < -0.39 is 0 Å². The zero-order chi connectivity index (χ0) is 22.1. The summed E-state index contributed by atoms with van der Waals surface area (Å²) in [7, 11) is 1.82. The fourth-order valence-electron chi connectivity index (χ4n) is 3.30. The number of anilines is 1. The molecular formula is C20H20Cl2N6O2S. The van der Waals surface area contributed by atoms with Crippen molar-refractivity contribution in [2.45, 2.75) is 20.0 Å². The van der Waals surface area contributed by atoms with Gasteiger partial charge in [0.2, 0.25) is 0 Å². The molecule has 3 aromatic rings. The molecule has 1 saturated heterocycles. The zero-order valence-corrected chi connectivity index (χ0v) is 19.3. The average molecular weight is 479 g/mol. The molecule has 1 N–H and O–H groups in total. The molecule has 0 unspecified atom stereocenters. The predicted octanol–water partition coefficient (Wildman–Crippen LogP) is 3.86. The van der Waals surface area contributed by atoms with Crippen molar-refractivity contribution in [2.75, 3.05) is 18.0 Å². The molecule has 3 heterocycles. The standard InChI is InChI=1S/C20H20Cl2N6O2S/c1-12-17(18(29)23-8-14-9-24-26(2)10-14)31-19(25-12)28-6-5-27(20(28)30)11-13-3-4-15(21)16(22)7-13/h3-4,7,9-10H,5-6,8,11H2,1-2H3,(H,23,29). The minimum atomic E-state index is -0.218. The maximum absolute atomic E-state index is 12.9. The Morgan fingerprint density at radius 1 is 1.23 bits per heavy atom. The molecule has 2 aromatic heterocycles. The van der Waals surface area contributed by atoms with Crippen molar-refractivity contribution >= 4 is 51.6 Å². The average Bonchev–Trinajstić information content (AvgIpc) is 3.42. The molecule has 11 heteroatoms. The molecule has 3 amide bonds. The van der Waals surface area contributed by atoms with E-state index in [1.54, 1.807) is 39.7 Å². The monoisotopic (exact) mass is 478 g/mol. The van der Waals surface area contributed by atoms with Crippen LogP contribution in [0.15, 0.2) is 30.6 Å². The van der Waals surface area contributed by atoms with Gasteiger partial charge in [-0.3, -0.25) is 14.4 Å². The molecule has 0 spiro atoms. The fourth-order valence-corrected chi connectivity index (χ4v) is 4.62. The van der Waals surface area contributed by atoms with Crippen LogP contribution in [0.25, 0.3) is 0 Å². The Kier molecular flexibility index (Phi) is 6.17. The predicted molar refractivity (Wildman–Crippen MR) is 121 cm³/mol. The van der Waals surface area contributed by atoms with Gasteiger partial charge in [0.15, 0.2) is 5.13 Å². The van der Waals surface area contributed by atoms with Gasteiger partial charge in [0, 0.05) is 45.0 Å². The van der Waals surface area contributed by atoms with Crippen LogP contribution in [0.2, 0.25) is 10.0 Å². The Bertz CT molecular complexity index is 1140. The number of carbonyl (C=O) groups excluding carboxylic acids is 2. The highest BCUT2D eigenvalue weighted by molar-refractivity contribution is 7.17. The number of thiazole rings is 1. The molecule has 1 aliphatic rings. The summed E-state index contributed by atoms with van der Waals surface area (Å²) in [6.07, 6.45) is 3.55. The zero-order valence-electron chi connectivity index (χ0n) is 16.9. The van der Waals surface area contributed by atoms with Crippen molar-refractivity contribution in [3.8, 4) is 0 Å². The van der Waals surface area contributed by atoms with Crippen LogP contribution in [-0.2, 0) is 20.1 Å². The maximum Gasteiger partial charge on any atom is 0.326 e. The molecular weight excluding hydrogens is 459 g/mol. The Hall–Kier alpha value is -2.62. The number of amides is 3. The normalized spacial score (nSPS) is 13.9. The Morgan fingerprint density at radius 2 is 2.03 bits per heavy atom. The summed E-state index contributed by atoms with van der Waals surface area (Å²) in [6.45, 7) is 3.63. The van der Waals surface area contributed by atoms with Crippen LogP contribution < -0.4 is 10.2 Å². The van der Waals surface area contributed by atoms with Crippen LogP contribution in [-0.4, -0.2) is 44.7 Å². The van der Waals surface area contributed by atoms with E-state index in [9.17, 15) is 9.59 Å². The third kappa shape index (κ3) is 4.68. The van der Waals surface area contributed by atoms with Gasteiger partial charge in [-0.15, -0.1) is 0 Å². The van der Waals surface area contributed by atoms with Gasteiger partial charge >= 0.3 is 6.03 Å². The van der Waals surface area contributed by atoms with Crippen molar-refractivity contribution in [3.05, 3.63) is 62.3 Å². The molecule has 1 aromatic carbocycles. The van der Waals surface area contributed by atoms with E-state index in [1.807, 2.05) is 19.3 Å². The van der Waals surface area contributed by atoms with E-state index in [-0.39, 0.29) is 11.9 Å². The summed E-state index contributed by atoms with van der Waals surface area (Å²) in [6, 6.07) is 5.18. The maximum atomic E-state index is 12.9. The Labute approximate surface area is 193 Å². The number of aromatic nitrogens is 3. The summed E-state index contributed by atoms with van der Waals surface area (Å²) in [5, 5.41) is 8.42. The first-order valence-corrected chi connectivity index (χ1v) is 11.1. The number of rotatable bonds is 6. The molecule has 4 rings (SSSR count). The lowest BCUT2D eigenvalue weighted by Crippen LogP contribution is -2.31. The molecule has 1 aliphatic heterocycles. The first-order valence-electron chi connectivity index (χ1n) is 9.55. The smallest absolute Gasteiger partial charge is 0.326 e. The highest BCUT2D eigenvalue weighted by Crippen LogP contribution is 2.30. The van der Waals surface area contributed by atoms with Crippen molar-refractivity contribution in [1.82, 2.24) is 25.0 Å². The molecule has 31 heavy (non-hydrogen) atoms. The number of hydrogen-bond donors (Lipinski definition) is 1. The van der Waals surface area contributed by atoms with Crippen LogP contribution in [0.3, 0.4) is 0 Å². The molecule has 0 aliphatic carbocycles. The lowest BCUT2D eigenvalue weighted by atomic mass is 10.2. The lowest BCUT2D eigenvalue weighted by molar-refractivity contribution is 0.0954. The van der Waals surface area contributed by atoms with Crippen molar-refractivity contribution in [2.24, 2.45) is 7.05 Å². The first-order chi connectivity index (χ1) is 14.8. The summed E-state index contributed by atoms with van der Waals surface area (Å²) < 4.78 is 1.68. The van der Waals surface area contributed by atoms with Crippen LogP contribution in [0.4, 0.5) is 9.93 Å². The Balaban J connectivity index is 1.42. The number of carbonyl (C=O) groups is 2. The van der Waals surface area contributed by atoms with Gasteiger partial charge in [-0.2, -0.15) is 5.10 Å². The SMILES string of the molecule is Cc1nc(N2CCN(Cc3ccc(Cl)c(Cl)c3)C2=O)sc1C(=O)NCc1cnn(C)c1. The third-order valence-corrected chi connectivity index (χ3v) is 6.80. The van der Waals surface area contributed by atoms with Crippen molar-refractivity contribution in [1.29, 1.82) is 0 Å². The first kappa shape index (κ1) is 21.6. The van der Waals surface area contributed by atoms with Gasteiger partial charge in [0.1, 0.15) is 4.88 Å². The van der Waals surface area contributed by atoms with E-state index in [1.165, 1.54) is 11.3 Å². The number of urea groups is 1. The molecule has 0 atom stereocenters. The molecule has 0 saturated carbocycles. The van der Waals surface area contributed by atoms with E-state index >= 15 is 0 Å². The van der Waals surface area contributed by atoms with Gasteiger partial charge < -0.3 is 10.2 Å². The molecule has 0 bridgehead atoms. The molecule has 1 fully saturated rings. The van der Waals surface area contributed by atoms with Gasteiger partial charge in [0.05, 0.1) is 21.9 Å². The second kappa shape index (κ2) is 8.86. The Morgan fingerprint density at radius 3 is 2.74 bits per heavy atom. The van der Waals surface area contributed by atoms with Crippen LogP contribution in [0, 0.1) is 6.92 Å². The van der Waals surface area contributed by atoms with E-state index in [0.717, 1.165) is 11.1 Å². The second-order valence-electron chi connectivity index (χ2n) is 7.22. The second-order valence-corrected chi connectivity index (χ2v) is 9.01. The quantitative estimate of drug-likeness (QED) is 0.582. The van der Waals surface area contributed by atoms with E-state index in [2.05, 4.69) is 15.4 Å². The summed E-state index contributed by atoms with van der Waals surface area (Å²) in [5.74, 6) is -0.218. The molecule has 162 valence electrons. The van der Waals surface area contributed by atoms with Crippen molar-refractivity contribution < 1.29 is 9.59 Å². The fraction of sp³-hybridized carbons (Fsp3) is 0.300. The van der Waals surface area contributed by atoms with Crippen LogP contribution in [0.5, 0.6) is 0 Å². The number of nitrogens with one attached hydrogen (secondary N) is 1. The number of nitrogens with zero attached hydrogens (tertiary/aromatic N) is 5. The van der Waals surface area contributed by atoms with Crippen molar-refractivity contribution in [3.63, 3.8) is 0 Å². The summed E-state index contributed by atoms with van der Waals surface area (Å²) in [5.41, 5.74) is 2.40. The van der Waals surface area contributed by atoms with Gasteiger partial charge in [-0.25, -0.2) is 9.78 Å². The number of halogens is 2. The van der Waals surface area contributed by atoms with Crippen LogP contribution >= 0.6 is 34.5 Å². The minimum absolute atomic E-state index is 0.151. The lowest BCUT2D eigenvalue weighted by Gasteiger charge is -2.17. The number of hydrogen-bond acceptors (Lipinski definition) is 5. The third-order valence-electron chi connectivity index (χ3n) is 4.89. The van der Waals surface area contributed by atoms with Crippen LogP contribution in [0.1, 0.15) is 26.5 Å². The summed E-state index contributed by atoms with van der Waals surface area (Å²) >= 11 is 13.3. The van der Waals surface area contributed by atoms with Gasteiger partial charge in [-0.1, -0.05) is 40.6 Å².